The molecule has 0 saturated carbocycles. The molecule has 0 aromatic carbocycles. The molecular weight excluding hydrogens is 266 g/mol. The smallest absolute Gasteiger partial charge is 0.222 e. The molecule has 21 heavy (non-hydrogen) atoms. The number of nitrogens with zero attached hydrogens (tertiary/aromatic N) is 6. The summed E-state index contributed by atoms with van der Waals surface area (Å²) in [6.07, 6.45) is 6.63. The van der Waals surface area contributed by atoms with Crippen LogP contribution < -0.4 is 5.32 Å². The van der Waals surface area contributed by atoms with Gasteiger partial charge in [0.15, 0.2) is 0 Å². The Hall–Kier alpha value is -2.70. The predicted molar refractivity (Wildman–Crippen MR) is 77.7 cm³/mol. The number of rotatable bonds is 2. The Morgan fingerprint density at radius 3 is 3.05 bits per heavy atom. The molecule has 106 valence electrons. The van der Waals surface area contributed by atoms with Crippen molar-refractivity contribution in [3.8, 4) is 11.5 Å². The lowest BCUT2D eigenvalue weighted by Gasteiger charge is -2.23. The fraction of sp³-hybridized carbons (Fsp3) is 0.286. The van der Waals surface area contributed by atoms with Gasteiger partial charge in [0.1, 0.15) is 5.69 Å². The number of pyridine rings is 1. The van der Waals surface area contributed by atoms with E-state index < -0.39 is 0 Å². The summed E-state index contributed by atoms with van der Waals surface area (Å²) in [7, 11) is 1.92. The number of aryl methyl sites for hydroxylation is 1. The van der Waals surface area contributed by atoms with Gasteiger partial charge < -0.3 is 5.32 Å². The first kappa shape index (κ1) is 12.1. The van der Waals surface area contributed by atoms with Crippen LogP contribution in [0.3, 0.4) is 0 Å². The number of aromatic nitrogens is 6. The summed E-state index contributed by atoms with van der Waals surface area (Å²) in [6.45, 7) is 0.875. The van der Waals surface area contributed by atoms with Gasteiger partial charge in [0.25, 0.3) is 0 Å². The molecule has 4 heterocycles. The van der Waals surface area contributed by atoms with Gasteiger partial charge in [0.2, 0.25) is 11.8 Å². The summed E-state index contributed by atoms with van der Waals surface area (Å²) in [5, 5.41) is 12.2. The fourth-order valence-electron chi connectivity index (χ4n) is 2.63. The van der Waals surface area contributed by atoms with Gasteiger partial charge in [-0.2, -0.15) is 10.1 Å². The first-order valence-corrected chi connectivity index (χ1v) is 6.91. The van der Waals surface area contributed by atoms with Crippen molar-refractivity contribution in [3.63, 3.8) is 0 Å². The monoisotopic (exact) mass is 281 g/mol. The van der Waals surface area contributed by atoms with Gasteiger partial charge in [0, 0.05) is 31.5 Å². The molecule has 0 fully saturated rings. The van der Waals surface area contributed by atoms with Gasteiger partial charge in [-0.1, -0.05) is 6.07 Å². The van der Waals surface area contributed by atoms with Crippen LogP contribution in [0.15, 0.2) is 36.8 Å². The maximum atomic E-state index is 4.63. The van der Waals surface area contributed by atoms with Crippen LogP contribution in [-0.2, 0) is 7.05 Å². The lowest BCUT2D eigenvalue weighted by atomic mass is 10.1. The first-order valence-electron chi connectivity index (χ1n) is 6.91. The third kappa shape index (κ3) is 2.06. The topological polar surface area (TPSA) is 73.5 Å². The van der Waals surface area contributed by atoms with E-state index in [1.165, 1.54) is 0 Å². The Balaban J connectivity index is 1.76. The van der Waals surface area contributed by atoms with Gasteiger partial charge in [-0.05, 0) is 18.6 Å². The zero-order valence-electron chi connectivity index (χ0n) is 11.6. The maximum Gasteiger partial charge on any atom is 0.222 e. The van der Waals surface area contributed by atoms with Crippen molar-refractivity contribution in [1.82, 2.24) is 29.5 Å². The van der Waals surface area contributed by atoms with Crippen LogP contribution in [0, 0.1) is 0 Å². The summed E-state index contributed by atoms with van der Waals surface area (Å²) in [5.41, 5.74) is 1.93. The average molecular weight is 281 g/mol. The maximum absolute atomic E-state index is 4.63. The minimum absolute atomic E-state index is 0.167. The van der Waals surface area contributed by atoms with Crippen molar-refractivity contribution in [2.75, 3.05) is 11.9 Å². The molecule has 0 aliphatic carbocycles. The summed E-state index contributed by atoms with van der Waals surface area (Å²) in [6, 6.07) is 5.91. The van der Waals surface area contributed by atoms with Crippen molar-refractivity contribution >= 4 is 5.95 Å². The molecular formula is C14H15N7. The zero-order chi connectivity index (χ0) is 14.2. The quantitative estimate of drug-likeness (QED) is 0.770. The minimum atomic E-state index is 0.167. The number of nitrogens with one attached hydrogen (secondary N) is 1. The van der Waals surface area contributed by atoms with E-state index >= 15 is 0 Å². The fourth-order valence-corrected chi connectivity index (χ4v) is 2.63. The van der Waals surface area contributed by atoms with E-state index in [2.05, 4.69) is 25.5 Å². The van der Waals surface area contributed by atoms with Gasteiger partial charge in [-0.3, -0.25) is 9.67 Å². The highest BCUT2D eigenvalue weighted by molar-refractivity contribution is 5.51. The largest absolute Gasteiger partial charge is 0.354 e. The summed E-state index contributed by atoms with van der Waals surface area (Å²) >= 11 is 0. The first-order chi connectivity index (χ1) is 10.3. The lowest BCUT2D eigenvalue weighted by Crippen LogP contribution is -2.24. The van der Waals surface area contributed by atoms with Crippen molar-refractivity contribution in [3.05, 3.63) is 42.4 Å². The second kappa shape index (κ2) is 4.69. The molecule has 0 amide bonds. The van der Waals surface area contributed by atoms with Crippen molar-refractivity contribution in [2.24, 2.45) is 7.05 Å². The summed E-state index contributed by atoms with van der Waals surface area (Å²) in [5.74, 6) is 1.43. The predicted octanol–water partition coefficient (Wildman–Crippen LogP) is 1.48. The third-order valence-corrected chi connectivity index (χ3v) is 3.63. The van der Waals surface area contributed by atoms with Gasteiger partial charge >= 0.3 is 0 Å². The highest BCUT2D eigenvalue weighted by Gasteiger charge is 2.25. The SMILES string of the molecule is Cn1cc(C2CCNc3nc(-c4ccccn4)nn32)cn1. The molecule has 0 spiro atoms. The van der Waals surface area contributed by atoms with E-state index in [1.54, 1.807) is 6.20 Å². The second-order valence-corrected chi connectivity index (χ2v) is 5.10. The van der Waals surface area contributed by atoms with Crippen LogP contribution >= 0.6 is 0 Å². The van der Waals surface area contributed by atoms with Crippen molar-refractivity contribution in [1.29, 1.82) is 0 Å². The Morgan fingerprint density at radius 1 is 1.33 bits per heavy atom. The molecule has 1 aliphatic rings. The van der Waals surface area contributed by atoms with Crippen molar-refractivity contribution < 1.29 is 0 Å². The van der Waals surface area contributed by atoms with E-state index in [0.717, 1.165) is 30.2 Å². The van der Waals surface area contributed by atoms with Crippen LogP contribution in [0.1, 0.15) is 18.0 Å². The molecule has 1 atom stereocenters. The zero-order valence-corrected chi connectivity index (χ0v) is 11.6. The second-order valence-electron chi connectivity index (χ2n) is 5.10. The number of anilines is 1. The number of hydrogen-bond donors (Lipinski definition) is 1. The molecule has 4 rings (SSSR count). The average Bonchev–Trinajstić information content (AvgIpc) is 3.14. The molecule has 1 N–H and O–H groups in total. The van der Waals surface area contributed by atoms with Crippen LogP contribution in [0.4, 0.5) is 5.95 Å². The standard InChI is InChI=1S/C14H15N7/c1-20-9-10(8-17-20)12-5-7-16-14-18-13(19-21(12)14)11-4-2-3-6-15-11/h2-4,6,8-9,12H,5,7H2,1H3,(H,16,18,19). The van der Waals surface area contributed by atoms with Crippen molar-refractivity contribution in [2.45, 2.75) is 12.5 Å². The van der Waals surface area contributed by atoms with Gasteiger partial charge in [0.05, 0.1) is 12.2 Å². The molecule has 3 aromatic rings. The molecule has 1 aliphatic heterocycles. The number of hydrogen-bond acceptors (Lipinski definition) is 5. The van der Waals surface area contributed by atoms with E-state index in [1.807, 2.05) is 47.0 Å². The van der Waals surface area contributed by atoms with E-state index in [9.17, 15) is 0 Å². The highest BCUT2D eigenvalue weighted by Crippen LogP contribution is 2.29. The normalized spacial score (nSPS) is 17.3. The molecule has 0 saturated heterocycles. The summed E-state index contributed by atoms with van der Waals surface area (Å²) in [4.78, 5) is 8.87. The lowest BCUT2D eigenvalue weighted by molar-refractivity contribution is 0.480. The highest BCUT2D eigenvalue weighted by atomic mass is 15.4. The molecule has 1 unspecified atom stereocenters. The van der Waals surface area contributed by atoms with E-state index in [-0.39, 0.29) is 6.04 Å². The Labute approximate surface area is 121 Å². The molecule has 0 bridgehead atoms. The molecule has 3 aromatic heterocycles. The van der Waals surface area contributed by atoms with E-state index in [4.69, 9.17) is 0 Å². The van der Waals surface area contributed by atoms with Crippen LogP contribution in [0.5, 0.6) is 0 Å². The molecule has 0 radical (unpaired) electrons. The van der Waals surface area contributed by atoms with Crippen LogP contribution in [0.2, 0.25) is 0 Å². The van der Waals surface area contributed by atoms with Crippen LogP contribution in [0.25, 0.3) is 11.5 Å². The Bertz CT molecular complexity index is 759. The Morgan fingerprint density at radius 2 is 2.29 bits per heavy atom. The van der Waals surface area contributed by atoms with Crippen LogP contribution in [-0.4, -0.2) is 36.1 Å². The van der Waals surface area contributed by atoms with Gasteiger partial charge in [-0.25, -0.2) is 4.68 Å². The minimum Gasteiger partial charge on any atom is -0.354 e. The number of fused-ring (bicyclic) bond motifs is 1. The molecule has 7 heteroatoms. The molecule has 7 nitrogen and oxygen atoms in total. The van der Waals surface area contributed by atoms with E-state index in [0.29, 0.717) is 5.82 Å². The Kier molecular flexibility index (Phi) is 2.70. The third-order valence-electron chi connectivity index (χ3n) is 3.63. The van der Waals surface area contributed by atoms with Gasteiger partial charge in [-0.15, -0.1) is 5.10 Å². The summed E-state index contributed by atoms with van der Waals surface area (Å²) < 4.78 is 3.75.